The van der Waals surface area contributed by atoms with Crippen LogP contribution >= 0.6 is 15.9 Å². The van der Waals surface area contributed by atoms with Gasteiger partial charge in [0.05, 0.1) is 0 Å². The van der Waals surface area contributed by atoms with Crippen LogP contribution in [0.2, 0.25) is 0 Å². The number of piperidine rings is 1. The summed E-state index contributed by atoms with van der Waals surface area (Å²) in [5.74, 6) is -0.116. The van der Waals surface area contributed by atoms with Crippen LogP contribution in [0.1, 0.15) is 49.8 Å². The van der Waals surface area contributed by atoms with Gasteiger partial charge in [-0.05, 0) is 62.5 Å². The summed E-state index contributed by atoms with van der Waals surface area (Å²) in [4.78, 5) is 29.0. The van der Waals surface area contributed by atoms with E-state index in [4.69, 9.17) is 4.74 Å². The number of ether oxygens (including phenoxy) is 1. The summed E-state index contributed by atoms with van der Waals surface area (Å²) >= 11 is 3.39. The summed E-state index contributed by atoms with van der Waals surface area (Å²) in [6.07, 6.45) is 1.17. The highest BCUT2D eigenvalue weighted by Crippen LogP contribution is 2.18. The van der Waals surface area contributed by atoms with E-state index in [0.29, 0.717) is 18.8 Å². The summed E-state index contributed by atoms with van der Waals surface area (Å²) < 4.78 is 6.26. The lowest BCUT2D eigenvalue weighted by molar-refractivity contribution is 0.0199. The molecule has 1 aliphatic rings. The van der Waals surface area contributed by atoms with Gasteiger partial charge in [-0.2, -0.15) is 0 Å². The highest BCUT2D eigenvalue weighted by Gasteiger charge is 2.27. The van der Waals surface area contributed by atoms with Crippen molar-refractivity contribution in [1.82, 2.24) is 15.2 Å². The summed E-state index contributed by atoms with van der Waals surface area (Å²) in [6, 6.07) is 1.85. The molecule has 6 nitrogen and oxygen atoms in total. The Hall–Kier alpha value is -1.50. The second-order valence-corrected chi connectivity index (χ2v) is 7.73. The number of carbonyl (C=O) groups excluding carboxylic acids is 2. The number of halogens is 1. The standard InChI is InChI=1S/C16H24BrN3O3/c1-10-12(17)9-13(18-10)14(21)19-11-5-7-20(8-6-11)15(22)23-16(2,3)4/h9,11,18H,5-8H2,1-4H3,(H,19,21). The van der Waals surface area contributed by atoms with Crippen molar-refractivity contribution in [3.8, 4) is 0 Å². The predicted molar refractivity (Wildman–Crippen MR) is 91.5 cm³/mol. The summed E-state index contributed by atoms with van der Waals surface area (Å²) in [7, 11) is 0. The van der Waals surface area contributed by atoms with Crippen molar-refractivity contribution in [2.45, 2.75) is 52.2 Å². The van der Waals surface area contributed by atoms with Crippen LogP contribution in [-0.2, 0) is 4.74 Å². The minimum Gasteiger partial charge on any atom is -0.444 e. The molecular formula is C16H24BrN3O3. The predicted octanol–water partition coefficient (Wildman–Crippen LogP) is 3.21. The Kier molecular flexibility index (Phi) is 5.39. The number of rotatable bonds is 2. The molecule has 0 unspecified atom stereocenters. The number of hydrogen-bond donors (Lipinski definition) is 2. The first-order valence-electron chi connectivity index (χ1n) is 7.79. The maximum atomic E-state index is 12.2. The Bertz CT molecular complexity index is 564. The molecule has 7 heteroatoms. The van der Waals surface area contributed by atoms with Gasteiger partial charge < -0.3 is 19.9 Å². The third kappa shape index (κ3) is 4.99. The molecular weight excluding hydrogens is 362 g/mol. The molecule has 0 bridgehead atoms. The molecule has 0 radical (unpaired) electrons. The Morgan fingerprint density at radius 2 is 1.96 bits per heavy atom. The van der Waals surface area contributed by atoms with E-state index < -0.39 is 5.60 Å². The quantitative estimate of drug-likeness (QED) is 0.820. The first-order valence-corrected chi connectivity index (χ1v) is 8.59. The second-order valence-electron chi connectivity index (χ2n) is 6.87. The van der Waals surface area contributed by atoms with Gasteiger partial charge in [-0.1, -0.05) is 0 Å². The fourth-order valence-electron chi connectivity index (χ4n) is 2.45. The number of likely N-dealkylation sites (tertiary alicyclic amines) is 1. The summed E-state index contributed by atoms with van der Waals surface area (Å²) in [5.41, 5.74) is 0.986. The van der Waals surface area contributed by atoms with Crippen molar-refractivity contribution in [2.24, 2.45) is 0 Å². The first kappa shape index (κ1) is 17.8. The number of aryl methyl sites for hydroxylation is 1. The molecule has 0 aliphatic carbocycles. The van der Waals surface area contributed by atoms with Crippen LogP contribution in [0.4, 0.5) is 4.79 Å². The number of hydrogen-bond acceptors (Lipinski definition) is 3. The molecule has 1 fully saturated rings. The van der Waals surface area contributed by atoms with Crippen LogP contribution in [0.25, 0.3) is 0 Å². The van der Waals surface area contributed by atoms with Crippen LogP contribution in [0, 0.1) is 6.92 Å². The maximum absolute atomic E-state index is 12.2. The van der Waals surface area contributed by atoms with Crippen molar-refractivity contribution in [2.75, 3.05) is 13.1 Å². The fourth-order valence-corrected chi connectivity index (χ4v) is 2.78. The Labute approximate surface area is 145 Å². The van der Waals surface area contributed by atoms with Gasteiger partial charge in [0.2, 0.25) is 0 Å². The van der Waals surface area contributed by atoms with Gasteiger partial charge in [-0.15, -0.1) is 0 Å². The molecule has 128 valence electrons. The van der Waals surface area contributed by atoms with E-state index in [9.17, 15) is 9.59 Å². The number of nitrogens with zero attached hydrogens (tertiary/aromatic N) is 1. The van der Waals surface area contributed by atoms with Crippen molar-refractivity contribution >= 4 is 27.9 Å². The number of aromatic amines is 1. The van der Waals surface area contributed by atoms with Gasteiger partial charge in [-0.3, -0.25) is 4.79 Å². The molecule has 0 aromatic carbocycles. The van der Waals surface area contributed by atoms with Gasteiger partial charge in [0, 0.05) is 29.3 Å². The lowest BCUT2D eigenvalue weighted by Gasteiger charge is -2.33. The van der Waals surface area contributed by atoms with E-state index in [0.717, 1.165) is 23.0 Å². The SMILES string of the molecule is Cc1[nH]c(C(=O)NC2CCN(C(=O)OC(C)(C)C)CC2)cc1Br. The van der Waals surface area contributed by atoms with Crippen LogP contribution in [0.15, 0.2) is 10.5 Å². The van der Waals surface area contributed by atoms with E-state index in [1.165, 1.54) is 0 Å². The number of aromatic nitrogens is 1. The van der Waals surface area contributed by atoms with E-state index in [-0.39, 0.29) is 18.0 Å². The zero-order valence-electron chi connectivity index (χ0n) is 14.0. The zero-order chi connectivity index (χ0) is 17.2. The highest BCUT2D eigenvalue weighted by atomic mass is 79.9. The van der Waals surface area contributed by atoms with Gasteiger partial charge >= 0.3 is 6.09 Å². The zero-order valence-corrected chi connectivity index (χ0v) is 15.6. The van der Waals surface area contributed by atoms with Crippen molar-refractivity contribution in [3.63, 3.8) is 0 Å². The minimum absolute atomic E-state index is 0.0727. The number of nitrogens with one attached hydrogen (secondary N) is 2. The third-order valence-electron chi connectivity index (χ3n) is 3.68. The lowest BCUT2D eigenvalue weighted by atomic mass is 10.1. The van der Waals surface area contributed by atoms with Crippen LogP contribution in [-0.4, -0.2) is 46.6 Å². The highest BCUT2D eigenvalue weighted by molar-refractivity contribution is 9.10. The van der Waals surface area contributed by atoms with E-state index in [1.54, 1.807) is 11.0 Å². The Morgan fingerprint density at radius 1 is 1.35 bits per heavy atom. The molecule has 2 amide bonds. The molecule has 0 spiro atoms. The van der Waals surface area contributed by atoms with E-state index >= 15 is 0 Å². The molecule has 2 rings (SSSR count). The summed E-state index contributed by atoms with van der Waals surface area (Å²) in [6.45, 7) is 8.65. The molecule has 1 aromatic heterocycles. The molecule has 1 aliphatic heterocycles. The molecule has 1 saturated heterocycles. The second kappa shape index (κ2) is 6.95. The van der Waals surface area contributed by atoms with Gasteiger partial charge in [0.15, 0.2) is 0 Å². The largest absolute Gasteiger partial charge is 0.444 e. The molecule has 2 heterocycles. The molecule has 1 aromatic rings. The fraction of sp³-hybridized carbons (Fsp3) is 0.625. The Morgan fingerprint density at radius 3 is 2.43 bits per heavy atom. The molecule has 0 atom stereocenters. The molecule has 2 N–H and O–H groups in total. The molecule has 23 heavy (non-hydrogen) atoms. The number of carbonyl (C=O) groups is 2. The smallest absolute Gasteiger partial charge is 0.410 e. The van der Waals surface area contributed by atoms with Crippen LogP contribution < -0.4 is 5.32 Å². The van der Waals surface area contributed by atoms with Gasteiger partial charge in [-0.25, -0.2) is 4.79 Å². The monoisotopic (exact) mass is 385 g/mol. The summed E-state index contributed by atoms with van der Waals surface area (Å²) in [5, 5.41) is 3.01. The van der Waals surface area contributed by atoms with Crippen LogP contribution in [0.5, 0.6) is 0 Å². The third-order valence-corrected chi connectivity index (χ3v) is 4.50. The van der Waals surface area contributed by atoms with E-state index in [1.807, 2.05) is 27.7 Å². The minimum atomic E-state index is -0.485. The van der Waals surface area contributed by atoms with Crippen molar-refractivity contribution in [1.29, 1.82) is 0 Å². The maximum Gasteiger partial charge on any atom is 0.410 e. The molecule has 0 saturated carbocycles. The van der Waals surface area contributed by atoms with Crippen molar-refractivity contribution < 1.29 is 14.3 Å². The Balaban J connectivity index is 1.83. The van der Waals surface area contributed by atoms with Gasteiger partial charge in [0.1, 0.15) is 11.3 Å². The lowest BCUT2D eigenvalue weighted by Crippen LogP contribution is -2.47. The van der Waals surface area contributed by atoms with Crippen molar-refractivity contribution in [3.05, 3.63) is 21.9 Å². The number of amides is 2. The normalized spacial score (nSPS) is 16.3. The number of H-pyrrole nitrogens is 1. The average Bonchev–Trinajstić information content (AvgIpc) is 2.78. The van der Waals surface area contributed by atoms with Crippen LogP contribution in [0.3, 0.4) is 0 Å². The average molecular weight is 386 g/mol. The topological polar surface area (TPSA) is 74.4 Å². The van der Waals surface area contributed by atoms with E-state index in [2.05, 4.69) is 26.2 Å². The first-order chi connectivity index (χ1) is 10.7. The van der Waals surface area contributed by atoms with Gasteiger partial charge in [0.25, 0.3) is 5.91 Å².